The van der Waals surface area contributed by atoms with E-state index in [1.165, 1.54) is 28.1 Å². The summed E-state index contributed by atoms with van der Waals surface area (Å²) in [4.78, 5) is 2.31. The maximum Gasteiger partial charge on any atom is 0.139 e. The third kappa shape index (κ3) is 3.11. The van der Waals surface area contributed by atoms with Crippen molar-refractivity contribution in [1.82, 2.24) is 9.47 Å². The Bertz CT molecular complexity index is 746. The van der Waals surface area contributed by atoms with E-state index < -0.39 is 0 Å². The smallest absolute Gasteiger partial charge is 0.139 e. The molecule has 2 heterocycles. The number of benzene rings is 1. The Morgan fingerprint density at radius 2 is 1.54 bits per heavy atom. The third-order valence-electron chi connectivity index (χ3n) is 5.61. The Kier molecular flexibility index (Phi) is 5.56. The maximum atomic E-state index is 5.94. The average Bonchev–Trinajstić information content (AvgIpc) is 3.12. The summed E-state index contributed by atoms with van der Waals surface area (Å²) < 4.78 is 14.2. The van der Waals surface area contributed by atoms with Crippen molar-refractivity contribution in [2.75, 3.05) is 14.2 Å². The molecule has 1 aromatic heterocycles. The van der Waals surface area contributed by atoms with Crippen molar-refractivity contribution in [3.63, 3.8) is 0 Å². The van der Waals surface area contributed by atoms with Crippen molar-refractivity contribution in [2.45, 2.75) is 65.6 Å². The van der Waals surface area contributed by atoms with Crippen molar-refractivity contribution in [2.24, 2.45) is 0 Å². The van der Waals surface area contributed by atoms with Crippen molar-refractivity contribution in [3.05, 3.63) is 58.4 Å². The summed E-state index contributed by atoms with van der Waals surface area (Å²) in [5.74, 6) is 0. The summed E-state index contributed by atoms with van der Waals surface area (Å²) in [6.07, 6.45) is 0.854. The second-order valence-electron chi connectivity index (χ2n) is 7.68. The van der Waals surface area contributed by atoms with Gasteiger partial charge in [0.1, 0.15) is 12.5 Å². The number of methoxy groups -OCH3 is 2. The Balaban J connectivity index is 2.01. The van der Waals surface area contributed by atoms with Gasteiger partial charge in [0, 0.05) is 48.8 Å². The molecule has 0 spiro atoms. The van der Waals surface area contributed by atoms with E-state index in [0.29, 0.717) is 12.1 Å². The van der Waals surface area contributed by atoms with Crippen molar-refractivity contribution >= 4 is 0 Å². The van der Waals surface area contributed by atoms with Gasteiger partial charge in [-0.15, -0.1) is 0 Å². The minimum atomic E-state index is -0.0646. The third-order valence-corrected chi connectivity index (χ3v) is 5.61. The van der Waals surface area contributed by atoms with E-state index in [9.17, 15) is 0 Å². The molecule has 0 saturated carbocycles. The van der Waals surface area contributed by atoms with Crippen LogP contribution in [0.25, 0.3) is 0 Å². The molecule has 0 aliphatic carbocycles. The lowest BCUT2D eigenvalue weighted by Gasteiger charge is -2.32. The van der Waals surface area contributed by atoms with Gasteiger partial charge >= 0.3 is 0 Å². The largest absolute Gasteiger partial charge is 0.362 e. The van der Waals surface area contributed by atoms with Crippen molar-refractivity contribution in [3.8, 4) is 0 Å². The quantitative estimate of drug-likeness (QED) is 0.735. The molecule has 0 fully saturated rings. The van der Waals surface area contributed by atoms with Crippen LogP contribution in [0.2, 0.25) is 0 Å². The standard InChI is InChI=1S/C22H32N2O2/c1-14(2)23-21(25-6)19-10-8-9-18(20(19)22(23)26-7)13-17(5)24-15(3)11-12-16(24)4/h8-12,14,17,21-22H,13H2,1-7H3. The molecule has 4 heteroatoms. The van der Waals surface area contributed by atoms with Crippen LogP contribution in [0.15, 0.2) is 30.3 Å². The van der Waals surface area contributed by atoms with E-state index in [0.717, 1.165) is 6.42 Å². The van der Waals surface area contributed by atoms with Gasteiger partial charge in [-0.2, -0.15) is 0 Å². The SMILES string of the molecule is COC1c2cccc(CC(C)n3c(C)ccc3C)c2C(OC)N1C(C)C. The summed E-state index contributed by atoms with van der Waals surface area (Å²) in [5, 5.41) is 0. The van der Waals surface area contributed by atoms with E-state index in [2.05, 4.69) is 74.4 Å². The molecule has 4 nitrogen and oxygen atoms in total. The van der Waals surface area contributed by atoms with Gasteiger partial charge in [0.2, 0.25) is 0 Å². The topological polar surface area (TPSA) is 26.6 Å². The van der Waals surface area contributed by atoms with E-state index in [1.54, 1.807) is 14.2 Å². The molecule has 3 unspecified atom stereocenters. The fourth-order valence-electron chi connectivity index (χ4n) is 4.57. The van der Waals surface area contributed by atoms with Crippen LogP contribution in [0.1, 0.15) is 67.3 Å². The first-order chi connectivity index (χ1) is 12.4. The van der Waals surface area contributed by atoms with Gasteiger partial charge in [-0.25, -0.2) is 4.90 Å². The molecule has 0 bridgehead atoms. The number of aryl methyl sites for hydroxylation is 2. The molecular formula is C22H32N2O2. The maximum absolute atomic E-state index is 5.94. The van der Waals surface area contributed by atoms with Crippen LogP contribution in [0.4, 0.5) is 0 Å². The molecule has 1 aliphatic rings. The lowest BCUT2D eigenvalue weighted by atomic mass is 9.96. The molecule has 142 valence electrons. The van der Waals surface area contributed by atoms with Crippen LogP contribution in [0.5, 0.6) is 0 Å². The molecule has 26 heavy (non-hydrogen) atoms. The van der Waals surface area contributed by atoms with E-state index in [4.69, 9.17) is 9.47 Å². The molecule has 1 aromatic carbocycles. The first-order valence-corrected chi connectivity index (χ1v) is 9.49. The van der Waals surface area contributed by atoms with Crippen LogP contribution in [-0.4, -0.2) is 29.7 Å². The Morgan fingerprint density at radius 1 is 0.923 bits per heavy atom. The molecular weight excluding hydrogens is 324 g/mol. The van der Waals surface area contributed by atoms with E-state index in [-0.39, 0.29) is 12.5 Å². The van der Waals surface area contributed by atoms with Crippen LogP contribution in [0, 0.1) is 13.8 Å². The van der Waals surface area contributed by atoms with Gasteiger partial charge in [-0.3, -0.25) is 0 Å². The monoisotopic (exact) mass is 356 g/mol. The molecule has 0 amide bonds. The van der Waals surface area contributed by atoms with Crippen LogP contribution in [0.3, 0.4) is 0 Å². The highest BCUT2D eigenvalue weighted by molar-refractivity contribution is 5.42. The highest BCUT2D eigenvalue weighted by Crippen LogP contribution is 2.46. The minimum absolute atomic E-state index is 0.0553. The van der Waals surface area contributed by atoms with Gasteiger partial charge in [0.25, 0.3) is 0 Å². The van der Waals surface area contributed by atoms with Gasteiger partial charge in [-0.05, 0) is 58.7 Å². The van der Waals surface area contributed by atoms with Gasteiger partial charge in [0.05, 0.1) is 0 Å². The van der Waals surface area contributed by atoms with Gasteiger partial charge in [0.15, 0.2) is 0 Å². The normalized spacial score (nSPS) is 21.4. The first-order valence-electron chi connectivity index (χ1n) is 9.49. The highest BCUT2D eigenvalue weighted by atomic mass is 16.5. The number of hydrogen-bond donors (Lipinski definition) is 0. The summed E-state index contributed by atoms with van der Waals surface area (Å²) in [7, 11) is 3.58. The highest BCUT2D eigenvalue weighted by Gasteiger charge is 2.41. The summed E-state index contributed by atoms with van der Waals surface area (Å²) in [5.41, 5.74) is 6.48. The number of aromatic nitrogens is 1. The molecule has 0 N–H and O–H groups in total. The lowest BCUT2D eigenvalue weighted by molar-refractivity contribution is -0.133. The first kappa shape index (κ1) is 19.2. The number of rotatable bonds is 6. The zero-order chi connectivity index (χ0) is 19.0. The predicted octanol–water partition coefficient (Wildman–Crippen LogP) is 4.92. The number of fused-ring (bicyclic) bond motifs is 1. The molecule has 0 saturated heterocycles. The van der Waals surface area contributed by atoms with E-state index in [1.807, 2.05) is 0 Å². The Morgan fingerprint density at radius 3 is 2.08 bits per heavy atom. The second kappa shape index (κ2) is 7.55. The van der Waals surface area contributed by atoms with Crippen molar-refractivity contribution in [1.29, 1.82) is 0 Å². The van der Waals surface area contributed by atoms with Crippen LogP contribution in [-0.2, 0) is 15.9 Å². The number of nitrogens with zero attached hydrogens (tertiary/aromatic N) is 2. The van der Waals surface area contributed by atoms with E-state index >= 15 is 0 Å². The summed E-state index contributed by atoms with van der Waals surface area (Å²) >= 11 is 0. The molecule has 3 rings (SSSR count). The zero-order valence-electron chi connectivity index (χ0n) is 17.1. The Labute approximate surface area is 157 Å². The molecule has 2 aromatic rings. The fourth-order valence-corrected chi connectivity index (χ4v) is 4.57. The summed E-state index contributed by atoms with van der Waals surface area (Å²) in [6.45, 7) is 11.0. The second-order valence-corrected chi connectivity index (χ2v) is 7.68. The van der Waals surface area contributed by atoms with Gasteiger partial charge < -0.3 is 14.0 Å². The Hall–Kier alpha value is -1.62. The molecule has 3 atom stereocenters. The fraction of sp³-hybridized carbons (Fsp3) is 0.545. The summed E-state index contributed by atoms with van der Waals surface area (Å²) in [6, 6.07) is 11.7. The predicted molar refractivity (Wildman–Crippen MR) is 105 cm³/mol. The zero-order valence-corrected chi connectivity index (χ0v) is 17.1. The molecule has 1 aliphatic heterocycles. The average molecular weight is 357 g/mol. The number of hydrogen-bond acceptors (Lipinski definition) is 3. The van der Waals surface area contributed by atoms with Gasteiger partial charge in [-0.1, -0.05) is 18.2 Å². The van der Waals surface area contributed by atoms with Crippen LogP contribution >= 0.6 is 0 Å². The minimum Gasteiger partial charge on any atom is -0.362 e. The van der Waals surface area contributed by atoms with Crippen LogP contribution < -0.4 is 0 Å². The van der Waals surface area contributed by atoms with Crippen molar-refractivity contribution < 1.29 is 9.47 Å². The lowest BCUT2D eigenvalue weighted by Crippen LogP contribution is -2.34. The number of ether oxygens (including phenoxy) is 2. The molecule has 0 radical (unpaired) electrons.